The van der Waals surface area contributed by atoms with Crippen LogP contribution in [0.4, 0.5) is 17.6 Å². The molecule has 3 amide bonds. The van der Waals surface area contributed by atoms with E-state index < -0.39 is 83.6 Å². The van der Waals surface area contributed by atoms with Crippen LogP contribution in [-0.4, -0.2) is 59.8 Å². The smallest absolute Gasteiger partial charge is 0.309 e. The number of rotatable bonds is 12. The van der Waals surface area contributed by atoms with Gasteiger partial charge in [-0.1, -0.05) is 30.3 Å². The molecule has 4 N–H and O–H groups in total. The van der Waals surface area contributed by atoms with Crippen molar-refractivity contribution in [3.63, 3.8) is 0 Å². The number of aliphatic carboxylic acids is 1. The molecule has 0 spiro atoms. The van der Waals surface area contributed by atoms with Crippen LogP contribution in [0.15, 0.2) is 36.4 Å². The van der Waals surface area contributed by atoms with Crippen molar-refractivity contribution >= 4 is 29.5 Å². The molecule has 2 atom stereocenters. The van der Waals surface area contributed by atoms with E-state index in [0.29, 0.717) is 6.42 Å². The average Bonchev–Trinajstić information content (AvgIpc) is 2.87. The summed E-state index contributed by atoms with van der Waals surface area (Å²) in [5.74, 6) is -15.1. The van der Waals surface area contributed by atoms with E-state index in [0.717, 1.165) is 12.5 Å². The van der Waals surface area contributed by atoms with Gasteiger partial charge in [-0.2, -0.15) is 8.78 Å². The first kappa shape index (κ1) is 29.7. The monoisotopic (exact) mass is 541 g/mol. The molecule has 0 unspecified atom stereocenters. The van der Waals surface area contributed by atoms with Crippen molar-refractivity contribution in [2.45, 2.75) is 31.8 Å². The second-order valence-electron chi connectivity index (χ2n) is 7.90. The van der Waals surface area contributed by atoms with Gasteiger partial charge in [0.1, 0.15) is 18.7 Å². The fourth-order valence-electron chi connectivity index (χ4n) is 3.01. The molecule has 0 saturated carbocycles. The summed E-state index contributed by atoms with van der Waals surface area (Å²) in [6.07, 6.45) is -0.565. The van der Waals surface area contributed by atoms with Gasteiger partial charge in [-0.25, -0.2) is 8.78 Å². The predicted octanol–water partition coefficient (Wildman–Crippen LogP) is 1.01. The Morgan fingerprint density at radius 2 is 1.53 bits per heavy atom. The summed E-state index contributed by atoms with van der Waals surface area (Å²) in [7, 11) is 0. The zero-order valence-corrected chi connectivity index (χ0v) is 19.9. The molecule has 2 rings (SSSR count). The summed E-state index contributed by atoms with van der Waals surface area (Å²) in [5.41, 5.74) is 0.909. The molecule has 14 heteroatoms. The number of amides is 3. The van der Waals surface area contributed by atoms with Crippen molar-refractivity contribution in [3.05, 3.63) is 65.2 Å². The third-order valence-electron chi connectivity index (χ3n) is 5.00. The molecule has 0 fully saturated rings. The second-order valence-corrected chi connectivity index (χ2v) is 7.90. The summed E-state index contributed by atoms with van der Waals surface area (Å²) in [4.78, 5) is 59.9. The van der Waals surface area contributed by atoms with Gasteiger partial charge in [-0.15, -0.1) is 0 Å². The number of nitrogens with one attached hydrogen (secondary N) is 3. The SMILES string of the molecule is C[C@H](NC(=O)C(=O)NCCc1ccccc1)C(=O)N[C@@H](CC(=O)O)C(=O)COc1c(F)c(F)cc(F)c1F. The molecule has 204 valence electrons. The minimum absolute atomic E-state index is 0.0773. The van der Waals surface area contributed by atoms with Gasteiger partial charge in [0.15, 0.2) is 23.2 Å². The standard InChI is InChI=1S/C24H23F4N3O7/c1-12(30-24(37)23(36)29-8-7-13-5-3-2-4-6-13)22(35)31-16(10-18(33)34)17(32)11-38-21-19(27)14(25)9-15(26)20(21)28/h2-6,9,12,16H,7-8,10-11H2,1H3,(H,29,36)(H,30,37)(H,31,35)(H,33,34)/t12-,16-/m0/s1. The van der Waals surface area contributed by atoms with Crippen LogP contribution in [0.1, 0.15) is 18.9 Å². The lowest BCUT2D eigenvalue weighted by Gasteiger charge is -2.20. The maximum atomic E-state index is 13.7. The number of carbonyl (C=O) groups excluding carboxylic acids is 4. The lowest BCUT2D eigenvalue weighted by Crippen LogP contribution is -2.53. The molecule has 0 aliphatic carbocycles. The van der Waals surface area contributed by atoms with Gasteiger partial charge in [0, 0.05) is 12.6 Å². The average molecular weight is 541 g/mol. The van der Waals surface area contributed by atoms with Crippen molar-refractivity contribution in [2.24, 2.45) is 0 Å². The van der Waals surface area contributed by atoms with E-state index in [4.69, 9.17) is 5.11 Å². The third kappa shape index (κ3) is 8.57. The normalized spacial score (nSPS) is 12.1. The molecule has 2 aromatic carbocycles. The predicted molar refractivity (Wildman–Crippen MR) is 122 cm³/mol. The van der Waals surface area contributed by atoms with Gasteiger partial charge in [0.2, 0.25) is 17.5 Å². The van der Waals surface area contributed by atoms with Crippen LogP contribution in [0.3, 0.4) is 0 Å². The summed E-state index contributed by atoms with van der Waals surface area (Å²) < 4.78 is 58.5. The third-order valence-corrected chi connectivity index (χ3v) is 5.00. The summed E-state index contributed by atoms with van der Waals surface area (Å²) in [6.45, 7) is 0.00547. The zero-order chi connectivity index (χ0) is 28.4. The molecule has 10 nitrogen and oxygen atoms in total. The minimum Gasteiger partial charge on any atom is -0.481 e. The Labute approximate surface area is 213 Å². The first-order valence-corrected chi connectivity index (χ1v) is 11.0. The molecular weight excluding hydrogens is 518 g/mol. The van der Waals surface area contributed by atoms with Gasteiger partial charge in [0.25, 0.3) is 0 Å². The molecule has 0 radical (unpaired) electrons. The van der Waals surface area contributed by atoms with E-state index in [1.807, 2.05) is 23.5 Å². The number of benzene rings is 2. The van der Waals surface area contributed by atoms with E-state index in [-0.39, 0.29) is 12.6 Å². The number of ether oxygens (including phenoxy) is 1. The molecule has 0 aromatic heterocycles. The van der Waals surface area contributed by atoms with Crippen LogP contribution < -0.4 is 20.7 Å². The fourth-order valence-corrected chi connectivity index (χ4v) is 3.01. The molecule has 2 aromatic rings. The highest BCUT2D eigenvalue weighted by molar-refractivity contribution is 6.35. The number of carbonyl (C=O) groups is 5. The molecule has 0 saturated heterocycles. The van der Waals surface area contributed by atoms with Gasteiger partial charge in [-0.3, -0.25) is 24.0 Å². The number of ketones is 1. The summed E-state index contributed by atoms with van der Waals surface area (Å²) in [6, 6.07) is 5.75. The Morgan fingerprint density at radius 3 is 2.11 bits per heavy atom. The van der Waals surface area contributed by atoms with E-state index in [1.54, 1.807) is 12.1 Å². The van der Waals surface area contributed by atoms with Crippen molar-refractivity contribution in [1.29, 1.82) is 0 Å². The Hall–Kier alpha value is -4.49. The fraction of sp³-hybridized carbons (Fsp3) is 0.292. The van der Waals surface area contributed by atoms with Gasteiger partial charge in [0.05, 0.1) is 6.42 Å². The molecule has 0 heterocycles. The highest BCUT2D eigenvalue weighted by atomic mass is 19.2. The van der Waals surface area contributed by atoms with Crippen molar-refractivity contribution < 1.29 is 51.4 Å². The highest BCUT2D eigenvalue weighted by Crippen LogP contribution is 2.26. The van der Waals surface area contributed by atoms with Crippen LogP contribution in [0.5, 0.6) is 5.75 Å². The van der Waals surface area contributed by atoms with Crippen molar-refractivity contribution in [2.75, 3.05) is 13.2 Å². The molecular formula is C24H23F4N3O7. The van der Waals surface area contributed by atoms with Crippen LogP contribution in [-0.2, 0) is 30.4 Å². The highest BCUT2D eigenvalue weighted by Gasteiger charge is 2.29. The Balaban J connectivity index is 1.93. The largest absolute Gasteiger partial charge is 0.481 e. The van der Waals surface area contributed by atoms with Crippen LogP contribution >= 0.6 is 0 Å². The first-order valence-electron chi connectivity index (χ1n) is 11.0. The van der Waals surface area contributed by atoms with E-state index in [2.05, 4.69) is 15.4 Å². The van der Waals surface area contributed by atoms with Gasteiger partial charge < -0.3 is 25.8 Å². The number of hydrogen-bond acceptors (Lipinski definition) is 6. The second kappa shape index (κ2) is 13.7. The van der Waals surface area contributed by atoms with E-state index in [1.165, 1.54) is 0 Å². The minimum atomic E-state index is -1.92. The first-order chi connectivity index (χ1) is 17.9. The molecule has 0 aliphatic rings. The maximum absolute atomic E-state index is 13.7. The number of hydrogen-bond donors (Lipinski definition) is 4. The lowest BCUT2D eigenvalue weighted by atomic mass is 10.1. The topological polar surface area (TPSA) is 151 Å². The Morgan fingerprint density at radius 1 is 0.921 bits per heavy atom. The van der Waals surface area contributed by atoms with Crippen LogP contribution in [0.2, 0.25) is 0 Å². The number of halogens is 4. The van der Waals surface area contributed by atoms with Crippen LogP contribution in [0.25, 0.3) is 0 Å². The van der Waals surface area contributed by atoms with Crippen molar-refractivity contribution in [1.82, 2.24) is 16.0 Å². The quantitative estimate of drug-likeness (QED) is 0.178. The number of carboxylic acids is 1. The van der Waals surface area contributed by atoms with Crippen LogP contribution in [0, 0.1) is 23.3 Å². The lowest BCUT2D eigenvalue weighted by molar-refractivity contribution is -0.141. The molecule has 0 aliphatic heterocycles. The zero-order valence-electron chi connectivity index (χ0n) is 19.9. The Bertz CT molecular complexity index is 1180. The molecule has 38 heavy (non-hydrogen) atoms. The van der Waals surface area contributed by atoms with Gasteiger partial charge >= 0.3 is 17.8 Å². The van der Waals surface area contributed by atoms with E-state index >= 15 is 0 Å². The summed E-state index contributed by atoms with van der Waals surface area (Å²) >= 11 is 0. The summed E-state index contributed by atoms with van der Waals surface area (Å²) in [5, 5.41) is 15.5. The maximum Gasteiger partial charge on any atom is 0.309 e. The number of carboxylic acid groups (broad SMARTS) is 1. The van der Waals surface area contributed by atoms with E-state index in [9.17, 15) is 41.5 Å². The Kier molecular flexibility index (Phi) is 10.7. The van der Waals surface area contributed by atoms with Crippen molar-refractivity contribution in [3.8, 4) is 5.75 Å². The molecule has 0 bridgehead atoms. The number of Topliss-reactive ketones (excluding diaryl/α,β-unsaturated/α-hetero) is 1. The van der Waals surface area contributed by atoms with Gasteiger partial charge in [-0.05, 0) is 18.9 Å².